The number of aliphatic hydroxyl groups is 1. The van der Waals surface area contributed by atoms with Crippen molar-refractivity contribution < 1.29 is 19.7 Å². The molecule has 5 heteroatoms. The lowest BCUT2D eigenvalue weighted by atomic mass is 9.96. The van der Waals surface area contributed by atoms with E-state index in [-0.39, 0.29) is 13.0 Å². The van der Waals surface area contributed by atoms with Crippen LogP contribution in [0.5, 0.6) is 5.75 Å². The molecule has 0 aromatic heterocycles. The highest BCUT2D eigenvalue weighted by atomic mass is 16.5. The largest absolute Gasteiger partial charge is 0.489 e. The molecule has 0 fully saturated rings. The maximum atomic E-state index is 11.1. The Hall–Kier alpha value is -3.15. The predicted octanol–water partition coefficient (Wildman–Crippen LogP) is 4.11. The van der Waals surface area contributed by atoms with Crippen molar-refractivity contribution in [2.24, 2.45) is 5.73 Å². The highest BCUT2D eigenvalue weighted by Crippen LogP contribution is 2.27. The zero-order valence-corrected chi connectivity index (χ0v) is 17.0. The molecule has 4 N–H and O–H groups in total. The average molecular weight is 405 g/mol. The standard InChI is InChI=1S/C25H27NO4/c1-2-17-10-18(16-30-24-9-4-3-6-21(24)14-25(28)29)12-22(11-17)19-7-5-8-20(13-19)23(26)15-27/h3-13,23,27H,2,14-16,26H2,1H3,(H,28,29)/t23-/m1/s1. The van der Waals surface area contributed by atoms with Gasteiger partial charge in [-0.05, 0) is 52.4 Å². The smallest absolute Gasteiger partial charge is 0.307 e. The van der Waals surface area contributed by atoms with Crippen LogP contribution in [-0.2, 0) is 24.2 Å². The topological polar surface area (TPSA) is 92.8 Å². The number of para-hydroxylation sites is 1. The Labute approximate surface area is 176 Å². The number of ether oxygens (including phenoxy) is 1. The Morgan fingerprint density at radius 3 is 2.50 bits per heavy atom. The molecule has 0 radical (unpaired) electrons. The van der Waals surface area contributed by atoms with Gasteiger partial charge in [0.1, 0.15) is 12.4 Å². The van der Waals surface area contributed by atoms with E-state index in [4.69, 9.17) is 15.6 Å². The first-order chi connectivity index (χ1) is 14.5. The third-order valence-corrected chi connectivity index (χ3v) is 5.01. The number of aliphatic carboxylic acids is 1. The van der Waals surface area contributed by atoms with Gasteiger partial charge in [-0.25, -0.2) is 0 Å². The Morgan fingerprint density at radius 2 is 1.77 bits per heavy atom. The Morgan fingerprint density at radius 1 is 1.00 bits per heavy atom. The van der Waals surface area contributed by atoms with Gasteiger partial charge in [0.2, 0.25) is 0 Å². The molecule has 0 bridgehead atoms. The summed E-state index contributed by atoms with van der Waals surface area (Å²) in [4.78, 5) is 11.1. The van der Waals surface area contributed by atoms with Gasteiger partial charge >= 0.3 is 5.97 Å². The molecule has 3 rings (SSSR count). The monoisotopic (exact) mass is 405 g/mol. The number of aryl methyl sites for hydroxylation is 1. The molecule has 30 heavy (non-hydrogen) atoms. The summed E-state index contributed by atoms with van der Waals surface area (Å²) in [5.74, 6) is -0.304. The first-order valence-corrected chi connectivity index (χ1v) is 10.0. The molecule has 0 amide bonds. The fraction of sp³-hybridized carbons (Fsp3) is 0.240. The van der Waals surface area contributed by atoms with Crippen LogP contribution in [0.2, 0.25) is 0 Å². The second-order valence-electron chi connectivity index (χ2n) is 7.27. The van der Waals surface area contributed by atoms with E-state index < -0.39 is 12.0 Å². The number of hydrogen-bond donors (Lipinski definition) is 3. The minimum atomic E-state index is -0.887. The molecule has 0 aliphatic rings. The zero-order chi connectivity index (χ0) is 21.5. The van der Waals surface area contributed by atoms with Crippen molar-refractivity contribution >= 4 is 5.97 Å². The van der Waals surface area contributed by atoms with Crippen LogP contribution < -0.4 is 10.5 Å². The maximum absolute atomic E-state index is 11.1. The van der Waals surface area contributed by atoms with Crippen LogP contribution >= 0.6 is 0 Å². The molecular weight excluding hydrogens is 378 g/mol. The van der Waals surface area contributed by atoms with Crippen molar-refractivity contribution in [3.05, 3.63) is 89.0 Å². The minimum Gasteiger partial charge on any atom is -0.489 e. The lowest BCUT2D eigenvalue weighted by Gasteiger charge is -2.14. The molecule has 0 saturated carbocycles. The SMILES string of the molecule is CCc1cc(COc2ccccc2CC(=O)O)cc(-c2cccc([C@H](N)CO)c2)c1. The van der Waals surface area contributed by atoms with E-state index in [1.165, 1.54) is 5.56 Å². The molecule has 0 aliphatic carbocycles. The van der Waals surface area contributed by atoms with Crippen molar-refractivity contribution in [1.82, 2.24) is 0 Å². The van der Waals surface area contributed by atoms with E-state index in [9.17, 15) is 9.90 Å². The summed E-state index contributed by atoms with van der Waals surface area (Å²) < 4.78 is 5.98. The molecule has 156 valence electrons. The Kier molecular flexibility index (Phi) is 7.22. The molecule has 0 saturated heterocycles. The lowest BCUT2D eigenvalue weighted by molar-refractivity contribution is -0.136. The third-order valence-electron chi connectivity index (χ3n) is 5.01. The highest BCUT2D eigenvalue weighted by Gasteiger charge is 2.10. The van der Waals surface area contributed by atoms with Gasteiger partial charge in [-0.15, -0.1) is 0 Å². The summed E-state index contributed by atoms with van der Waals surface area (Å²) in [5.41, 5.74) is 11.8. The van der Waals surface area contributed by atoms with E-state index >= 15 is 0 Å². The van der Waals surface area contributed by atoms with Crippen LogP contribution in [0, 0.1) is 0 Å². The van der Waals surface area contributed by atoms with Crippen LogP contribution in [0.15, 0.2) is 66.7 Å². The van der Waals surface area contributed by atoms with Crippen molar-refractivity contribution in [2.75, 3.05) is 6.61 Å². The first-order valence-electron chi connectivity index (χ1n) is 10.0. The number of nitrogens with two attached hydrogens (primary N) is 1. The van der Waals surface area contributed by atoms with Crippen LogP contribution in [0.3, 0.4) is 0 Å². The van der Waals surface area contributed by atoms with Crippen molar-refractivity contribution in [2.45, 2.75) is 32.4 Å². The molecular formula is C25H27NO4. The summed E-state index contributed by atoms with van der Waals surface area (Å²) >= 11 is 0. The van der Waals surface area contributed by atoms with Gasteiger partial charge < -0.3 is 20.7 Å². The number of hydrogen-bond acceptors (Lipinski definition) is 4. The molecule has 0 heterocycles. The van der Waals surface area contributed by atoms with Crippen LogP contribution in [-0.4, -0.2) is 22.8 Å². The molecule has 0 unspecified atom stereocenters. The van der Waals surface area contributed by atoms with Crippen LogP contribution in [0.4, 0.5) is 0 Å². The zero-order valence-electron chi connectivity index (χ0n) is 17.0. The quantitative estimate of drug-likeness (QED) is 0.498. The molecule has 3 aromatic carbocycles. The molecule has 5 nitrogen and oxygen atoms in total. The van der Waals surface area contributed by atoms with E-state index in [1.54, 1.807) is 12.1 Å². The normalized spacial score (nSPS) is 11.8. The van der Waals surface area contributed by atoms with Crippen molar-refractivity contribution in [3.63, 3.8) is 0 Å². The van der Waals surface area contributed by atoms with Gasteiger partial charge in [0, 0.05) is 5.56 Å². The van der Waals surface area contributed by atoms with Gasteiger partial charge in [0.15, 0.2) is 0 Å². The van der Waals surface area contributed by atoms with Gasteiger partial charge in [-0.2, -0.15) is 0 Å². The van der Waals surface area contributed by atoms with E-state index in [0.717, 1.165) is 28.7 Å². The Balaban J connectivity index is 1.87. The third kappa shape index (κ3) is 5.47. The van der Waals surface area contributed by atoms with Gasteiger partial charge in [0.25, 0.3) is 0 Å². The average Bonchev–Trinajstić information content (AvgIpc) is 2.77. The predicted molar refractivity (Wildman–Crippen MR) is 117 cm³/mol. The molecule has 3 aromatic rings. The van der Waals surface area contributed by atoms with Crippen LogP contribution in [0.25, 0.3) is 11.1 Å². The number of carbonyl (C=O) groups is 1. The van der Waals surface area contributed by atoms with Gasteiger partial charge in [0.05, 0.1) is 19.1 Å². The molecule has 0 spiro atoms. The molecule has 1 atom stereocenters. The second kappa shape index (κ2) is 10.1. The summed E-state index contributed by atoms with van der Waals surface area (Å²) in [5, 5.41) is 18.5. The summed E-state index contributed by atoms with van der Waals surface area (Å²) in [6.45, 7) is 2.34. The summed E-state index contributed by atoms with van der Waals surface area (Å²) in [7, 11) is 0. The maximum Gasteiger partial charge on any atom is 0.307 e. The van der Waals surface area contributed by atoms with Gasteiger partial charge in [-0.1, -0.05) is 55.5 Å². The van der Waals surface area contributed by atoms with E-state index in [2.05, 4.69) is 25.1 Å². The van der Waals surface area contributed by atoms with Crippen molar-refractivity contribution in [3.8, 4) is 16.9 Å². The van der Waals surface area contributed by atoms with Crippen molar-refractivity contribution in [1.29, 1.82) is 0 Å². The number of carboxylic acid groups (broad SMARTS) is 1. The van der Waals surface area contributed by atoms with Gasteiger partial charge in [-0.3, -0.25) is 4.79 Å². The van der Waals surface area contributed by atoms with E-state index in [1.807, 2.05) is 36.4 Å². The number of carboxylic acids is 1. The summed E-state index contributed by atoms with van der Waals surface area (Å²) in [6, 6.07) is 21.0. The van der Waals surface area contributed by atoms with E-state index in [0.29, 0.717) is 17.9 Å². The minimum absolute atomic E-state index is 0.0751. The fourth-order valence-corrected chi connectivity index (χ4v) is 3.39. The number of benzene rings is 3. The lowest BCUT2D eigenvalue weighted by Crippen LogP contribution is -2.14. The van der Waals surface area contributed by atoms with Crippen LogP contribution in [0.1, 0.15) is 35.2 Å². The Bertz CT molecular complexity index is 1020. The first kappa shape index (κ1) is 21.6. The highest BCUT2D eigenvalue weighted by molar-refractivity contribution is 5.71. The second-order valence-corrected chi connectivity index (χ2v) is 7.27. The number of rotatable bonds is 9. The fourth-order valence-electron chi connectivity index (χ4n) is 3.39. The summed E-state index contributed by atoms with van der Waals surface area (Å²) in [6.07, 6.45) is 0.806. The number of aliphatic hydroxyl groups excluding tert-OH is 1. The molecule has 0 aliphatic heterocycles.